The molecule has 20 heavy (non-hydrogen) atoms. The zero-order valence-corrected chi connectivity index (χ0v) is 12.3. The molecule has 1 aromatic heterocycles. The third kappa shape index (κ3) is 3.94. The molecule has 1 rings (SSSR count). The van der Waals surface area contributed by atoms with Crippen LogP contribution in [0.4, 0.5) is 11.5 Å². The lowest BCUT2D eigenvalue weighted by molar-refractivity contribution is -0.384. The molecule has 0 aliphatic rings. The predicted molar refractivity (Wildman–Crippen MR) is 75.7 cm³/mol. The first-order valence-corrected chi connectivity index (χ1v) is 6.61. The Bertz CT molecular complexity index is 496. The fourth-order valence-electron chi connectivity index (χ4n) is 1.88. The average Bonchev–Trinajstić information content (AvgIpc) is 2.62. The predicted octanol–water partition coefficient (Wildman–Crippen LogP) is 1.45. The maximum absolute atomic E-state index is 11.6. The molecule has 0 aliphatic carbocycles. The largest absolute Gasteiger partial charge is 0.355 e. The Morgan fingerprint density at radius 1 is 1.50 bits per heavy atom. The maximum Gasteiger partial charge on any atom is 0.333 e. The van der Waals surface area contributed by atoms with E-state index in [1.807, 2.05) is 20.8 Å². The number of nitrogens with one attached hydrogen (secondary N) is 2. The summed E-state index contributed by atoms with van der Waals surface area (Å²) >= 11 is 0. The minimum atomic E-state index is -0.475. The number of nitrogens with zero attached hydrogens (tertiary/aromatic N) is 3. The quantitative estimate of drug-likeness (QED) is 0.582. The number of hydrogen-bond donors (Lipinski definition) is 2. The first-order chi connectivity index (χ1) is 9.36. The molecule has 1 amide bonds. The SMILES string of the molecule is CCCn1nc(C)c([N+](=O)[O-])c1NCC(=O)NC(C)C. The fraction of sp³-hybridized carbons (Fsp3) is 0.667. The molecule has 0 unspecified atom stereocenters. The zero-order valence-electron chi connectivity index (χ0n) is 12.3. The molecular weight excluding hydrogens is 262 g/mol. The minimum Gasteiger partial charge on any atom is -0.355 e. The summed E-state index contributed by atoms with van der Waals surface area (Å²) in [6.07, 6.45) is 0.797. The number of carbonyl (C=O) groups excluding carboxylic acids is 1. The van der Waals surface area contributed by atoms with Crippen LogP contribution < -0.4 is 10.6 Å². The lowest BCUT2D eigenvalue weighted by Crippen LogP contribution is -2.35. The molecule has 0 fully saturated rings. The zero-order chi connectivity index (χ0) is 15.3. The van der Waals surface area contributed by atoms with E-state index < -0.39 is 4.92 Å². The Labute approximate surface area is 117 Å². The number of carbonyl (C=O) groups is 1. The number of anilines is 1. The molecule has 0 bridgehead atoms. The number of hydrogen-bond acceptors (Lipinski definition) is 5. The molecule has 0 saturated heterocycles. The van der Waals surface area contributed by atoms with Gasteiger partial charge in [-0.15, -0.1) is 0 Å². The fourth-order valence-corrected chi connectivity index (χ4v) is 1.88. The minimum absolute atomic E-state index is 0.0200. The van der Waals surface area contributed by atoms with Crippen LogP contribution in [0.5, 0.6) is 0 Å². The summed E-state index contributed by atoms with van der Waals surface area (Å²) in [5.74, 6) is 0.0736. The van der Waals surface area contributed by atoms with Gasteiger partial charge >= 0.3 is 5.69 Å². The molecule has 1 heterocycles. The van der Waals surface area contributed by atoms with Gasteiger partial charge in [0, 0.05) is 12.6 Å². The van der Waals surface area contributed by atoms with Crippen LogP contribution in [0.3, 0.4) is 0 Å². The Kier molecular flexibility index (Phi) is 5.48. The van der Waals surface area contributed by atoms with Gasteiger partial charge in [-0.3, -0.25) is 14.9 Å². The van der Waals surface area contributed by atoms with E-state index in [0.29, 0.717) is 12.2 Å². The Hall–Kier alpha value is -2.12. The first-order valence-electron chi connectivity index (χ1n) is 6.61. The third-order valence-electron chi connectivity index (χ3n) is 2.58. The highest BCUT2D eigenvalue weighted by Crippen LogP contribution is 2.28. The second-order valence-corrected chi connectivity index (χ2v) is 4.84. The monoisotopic (exact) mass is 283 g/mol. The maximum atomic E-state index is 11.6. The summed E-state index contributed by atoms with van der Waals surface area (Å²) in [5, 5.41) is 20.8. The van der Waals surface area contributed by atoms with E-state index in [9.17, 15) is 14.9 Å². The van der Waals surface area contributed by atoms with Crippen LogP contribution in [0.25, 0.3) is 0 Å². The standard InChI is InChI=1S/C12H21N5O3/c1-5-6-16-12(11(17(19)20)9(4)15-16)13-7-10(18)14-8(2)3/h8,13H,5-7H2,1-4H3,(H,14,18). The van der Waals surface area contributed by atoms with Gasteiger partial charge in [-0.2, -0.15) is 5.10 Å². The molecule has 8 nitrogen and oxygen atoms in total. The topological polar surface area (TPSA) is 102 Å². The van der Waals surface area contributed by atoms with E-state index in [2.05, 4.69) is 15.7 Å². The van der Waals surface area contributed by atoms with Crippen LogP contribution in [0.2, 0.25) is 0 Å². The Morgan fingerprint density at radius 2 is 2.15 bits per heavy atom. The lowest BCUT2D eigenvalue weighted by atomic mass is 10.3. The van der Waals surface area contributed by atoms with Gasteiger partial charge in [0.2, 0.25) is 11.7 Å². The van der Waals surface area contributed by atoms with Crippen LogP contribution in [-0.4, -0.2) is 33.2 Å². The highest BCUT2D eigenvalue weighted by atomic mass is 16.6. The van der Waals surface area contributed by atoms with Gasteiger partial charge in [-0.1, -0.05) is 6.92 Å². The Balaban J connectivity index is 2.91. The van der Waals surface area contributed by atoms with Gasteiger partial charge in [0.1, 0.15) is 5.69 Å². The molecule has 2 N–H and O–H groups in total. The molecular formula is C12H21N5O3. The molecule has 0 saturated carbocycles. The Morgan fingerprint density at radius 3 is 2.65 bits per heavy atom. The van der Waals surface area contributed by atoms with E-state index in [4.69, 9.17) is 0 Å². The van der Waals surface area contributed by atoms with Gasteiger partial charge < -0.3 is 10.6 Å². The van der Waals surface area contributed by atoms with Crippen molar-refractivity contribution in [3.05, 3.63) is 15.8 Å². The highest BCUT2D eigenvalue weighted by molar-refractivity contribution is 5.81. The molecule has 0 aliphatic heterocycles. The van der Waals surface area contributed by atoms with Crippen LogP contribution >= 0.6 is 0 Å². The second-order valence-electron chi connectivity index (χ2n) is 4.84. The van der Waals surface area contributed by atoms with Crippen molar-refractivity contribution in [3.63, 3.8) is 0 Å². The molecule has 0 atom stereocenters. The van der Waals surface area contributed by atoms with Crippen LogP contribution in [0.1, 0.15) is 32.9 Å². The van der Waals surface area contributed by atoms with Crippen molar-refractivity contribution in [1.29, 1.82) is 0 Å². The van der Waals surface area contributed by atoms with Gasteiger partial charge in [0.15, 0.2) is 0 Å². The molecule has 0 spiro atoms. The van der Waals surface area contributed by atoms with Gasteiger partial charge in [-0.25, -0.2) is 4.68 Å². The van der Waals surface area contributed by atoms with E-state index in [-0.39, 0.29) is 30.0 Å². The molecule has 1 aromatic rings. The number of rotatable bonds is 7. The summed E-state index contributed by atoms with van der Waals surface area (Å²) in [4.78, 5) is 22.2. The third-order valence-corrected chi connectivity index (χ3v) is 2.58. The normalized spacial score (nSPS) is 10.7. The molecule has 0 aromatic carbocycles. The highest BCUT2D eigenvalue weighted by Gasteiger charge is 2.25. The first kappa shape index (κ1) is 15.9. The smallest absolute Gasteiger partial charge is 0.333 e. The van der Waals surface area contributed by atoms with Gasteiger partial charge in [0.05, 0.1) is 11.5 Å². The number of aromatic nitrogens is 2. The average molecular weight is 283 g/mol. The van der Waals surface area contributed by atoms with Crippen LogP contribution in [0, 0.1) is 17.0 Å². The van der Waals surface area contributed by atoms with Gasteiger partial charge in [0.25, 0.3) is 0 Å². The van der Waals surface area contributed by atoms with Crippen molar-refractivity contribution >= 4 is 17.4 Å². The van der Waals surface area contributed by atoms with Crippen molar-refractivity contribution in [3.8, 4) is 0 Å². The van der Waals surface area contributed by atoms with Crippen molar-refractivity contribution in [2.24, 2.45) is 0 Å². The van der Waals surface area contributed by atoms with Gasteiger partial charge in [-0.05, 0) is 27.2 Å². The van der Waals surface area contributed by atoms with E-state index >= 15 is 0 Å². The van der Waals surface area contributed by atoms with Crippen LogP contribution in [0.15, 0.2) is 0 Å². The summed E-state index contributed by atoms with van der Waals surface area (Å²) in [6.45, 7) is 7.79. The van der Waals surface area contributed by atoms with Crippen molar-refractivity contribution < 1.29 is 9.72 Å². The summed E-state index contributed by atoms with van der Waals surface area (Å²) in [5.41, 5.74) is 0.269. The molecule has 8 heteroatoms. The van der Waals surface area contributed by atoms with Crippen molar-refractivity contribution in [2.45, 2.75) is 46.7 Å². The molecule has 0 radical (unpaired) electrons. The summed E-state index contributed by atoms with van der Waals surface area (Å²) < 4.78 is 1.54. The van der Waals surface area contributed by atoms with Crippen molar-refractivity contribution in [2.75, 3.05) is 11.9 Å². The lowest BCUT2D eigenvalue weighted by Gasteiger charge is -2.10. The molecule has 112 valence electrons. The second kappa shape index (κ2) is 6.88. The number of amides is 1. The summed E-state index contributed by atoms with van der Waals surface area (Å²) in [7, 11) is 0. The van der Waals surface area contributed by atoms with Crippen LogP contribution in [-0.2, 0) is 11.3 Å². The van der Waals surface area contributed by atoms with E-state index in [1.54, 1.807) is 6.92 Å². The summed E-state index contributed by atoms with van der Waals surface area (Å²) in [6, 6.07) is 0.0292. The van der Waals surface area contributed by atoms with Crippen molar-refractivity contribution in [1.82, 2.24) is 15.1 Å². The van der Waals surface area contributed by atoms with E-state index in [0.717, 1.165) is 6.42 Å². The number of nitro groups is 1. The number of aryl methyl sites for hydroxylation is 2. The van der Waals surface area contributed by atoms with E-state index in [1.165, 1.54) is 4.68 Å².